The van der Waals surface area contributed by atoms with Gasteiger partial charge in [0.15, 0.2) is 0 Å². The lowest BCUT2D eigenvalue weighted by Crippen LogP contribution is -1.88. The van der Waals surface area contributed by atoms with Gasteiger partial charge in [0.05, 0.1) is 10.7 Å². The minimum absolute atomic E-state index is 0.605. The molecule has 0 aliphatic rings. The molecule has 0 unspecified atom stereocenters. The predicted octanol–water partition coefficient (Wildman–Crippen LogP) is 3.94. The first-order chi connectivity index (χ1) is 6.68. The van der Waals surface area contributed by atoms with E-state index in [-0.39, 0.29) is 0 Å². The fourth-order valence-corrected chi connectivity index (χ4v) is 1.82. The maximum absolute atomic E-state index is 5.82. The molecule has 2 nitrogen and oxygen atoms in total. The van der Waals surface area contributed by atoms with Crippen LogP contribution in [0.25, 0.3) is 11.3 Å². The third kappa shape index (κ3) is 1.65. The van der Waals surface area contributed by atoms with Crippen LogP contribution in [0, 0.1) is 0 Å². The van der Waals surface area contributed by atoms with Crippen LogP contribution >= 0.6 is 27.5 Å². The molecule has 1 aromatic carbocycles. The zero-order chi connectivity index (χ0) is 10.1. The molecule has 0 fully saturated rings. The predicted molar refractivity (Wildman–Crippen MR) is 61.3 cm³/mol. The van der Waals surface area contributed by atoms with Gasteiger partial charge in [0.25, 0.3) is 0 Å². The summed E-state index contributed by atoms with van der Waals surface area (Å²) in [6, 6.07) is 7.14. The monoisotopic (exact) mass is 271 g/mol. The molecule has 0 aliphatic heterocycles. The number of hydrogen-bond donors (Lipinski definition) is 1. The first-order valence-corrected chi connectivity index (χ1v) is 5.14. The van der Waals surface area contributed by atoms with Gasteiger partial charge in [-0.15, -0.1) is 0 Å². The van der Waals surface area contributed by atoms with Crippen molar-refractivity contribution in [1.82, 2.24) is 0 Å². The molecule has 0 radical (unpaired) electrons. The smallest absolute Gasteiger partial charge is 0.150 e. The van der Waals surface area contributed by atoms with E-state index in [1.54, 1.807) is 18.4 Å². The van der Waals surface area contributed by atoms with Gasteiger partial charge in [0, 0.05) is 16.3 Å². The zero-order valence-corrected chi connectivity index (χ0v) is 9.47. The topological polar surface area (TPSA) is 39.2 Å². The molecular formula is C10H7BrClNO. The molecule has 1 aromatic heterocycles. The van der Waals surface area contributed by atoms with Crippen molar-refractivity contribution in [3.63, 3.8) is 0 Å². The number of anilines is 1. The quantitative estimate of drug-likeness (QED) is 0.799. The SMILES string of the molecule is Nc1cc(Cl)ccc1-c1occc1Br. The Morgan fingerprint density at radius 3 is 2.64 bits per heavy atom. The second kappa shape index (κ2) is 3.67. The summed E-state index contributed by atoms with van der Waals surface area (Å²) in [4.78, 5) is 0. The van der Waals surface area contributed by atoms with E-state index in [0.29, 0.717) is 10.7 Å². The van der Waals surface area contributed by atoms with Crippen molar-refractivity contribution >= 4 is 33.2 Å². The van der Waals surface area contributed by atoms with Crippen molar-refractivity contribution in [3.8, 4) is 11.3 Å². The molecule has 0 saturated heterocycles. The summed E-state index contributed by atoms with van der Waals surface area (Å²) in [6.07, 6.45) is 1.60. The molecule has 1 heterocycles. The van der Waals surface area contributed by atoms with Gasteiger partial charge in [-0.05, 0) is 40.2 Å². The second-order valence-corrected chi connectivity index (χ2v) is 4.12. The number of nitrogen functional groups attached to an aromatic ring is 1. The Bertz CT molecular complexity index is 467. The molecule has 0 spiro atoms. The second-order valence-electron chi connectivity index (χ2n) is 2.83. The Balaban J connectivity index is 2.58. The molecule has 0 atom stereocenters. The van der Waals surface area contributed by atoms with Crippen molar-refractivity contribution in [2.75, 3.05) is 5.73 Å². The number of nitrogens with two attached hydrogens (primary N) is 1. The highest BCUT2D eigenvalue weighted by atomic mass is 79.9. The highest BCUT2D eigenvalue weighted by molar-refractivity contribution is 9.10. The van der Waals surface area contributed by atoms with Crippen LogP contribution in [0.1, 0.15) is 0 Å². The standard InChI is InChI=1S/C10H7BrClNO/c11-8-3-4-14-10(8)7-2-1-6(12)5-9(7)13/h1-5H,13H2. The summed E-state index contributed by atoms with van der Waals surface area (Å²) >= 11 is 9.17. The van der Waals surface area contributed by atoms with Crippen LogP contribution in [-0.2, 0) is 0 Å². The lowest BCUT2D eigenvalue weighted by Gasteiger charge is -2.03. The number of benzene rings is 1. The summed E-state index contributed by atoms with van der Waals surface area (Å²) in [5.41, 5.74) is 7.26. The van der Waals surface area contributed by atoms with Gasteiger partial charge in [-0.2, -0.15) is 0 Å². The maximum Gasteiger partial charge on any atom is 0.150 e. The Kier molecular flexibility index (Phi) is 2.52. The Hall–Kier alpha value is -0.930. The number of rotatable bonds is 1. The van der Waals surface area contributed by atoms with E-state index in [2.05, 4.69) is 15.9 Å². The van der Waals surface area contributed by atoms with E-state index in [9.17, 15) is 0 Å². The molecule has 2 aromatic rings. The van der Waals surface area contributed by atoms with E-state index in [4.69, 9.17) is 21.8 Å². The lowest BCUT2D eigenvalue weighted by molar-refractivity contribution is 0.581. The highest BCUT2D eigenvalue weighted by Crippen LogP contribution is 2.34. The zero-order valence-electron chi connectivity index (χ0n) is 7.13. The van der Waals surface area contributed by atoms with Crippen molar-refractivity contribution < 1.29 is 4.42 Å². The van der Waals surface area contributed by atoms with Crippen LogP contribution in [-0.4, -0.2) is 0 Å². The Morgan fingerprint density at radius 1 is 1.29 bits per heavy atom. The Morgan fingerprint density at radius 2 is 2.07 bits per heavy atom. The minimum atomic E-state index is 0.605. The van der Waals surface area contributed by atoms with E-state index in [1.807, 2.05) is 12.1 Å². The van der Waals surface area contributed by atoms with Crippen molar-refractivity contribution in [3.05, 3.63) is 40.0 Å². The van der Waals surface area contributed by atoms with Crippen LogP contribution in [0.2, 0.25) is 5.02 Å². The van der Waals surface area contributed by atoms with E-state index in [1.165, 1.54) is 0 Å². The van der Waals surface area contributed by atoms with Crippen LogP contribution < -0.4 is 5.73 Å². The molecule has 2 N–H and O–H groups in total. The summed E-state index contributed by atoms with van der Waals surface area (Å²) in [6.45, 7) is 0. The van der Waals surface area contributed by atoms with Crippen molar-refractivity contribution in [2.24, 2.45) is 0 Å². The average molecular weight is 273 g/mol. The fourth-order valence-electron chi connectivity index (χ4n) is 1.23. The average Bonchev–Trinajstić information content (AvgIpc) is 2.52. The number of furan rings is 1. The van der Waals surface area contributed by atoms with Gasteiger partial charge in [0.1, 0.15) is 5.76 Å². The first kappa shape index (κ1) is 9.62. The summed E-state index contributed by atoms with van der Waals surface area (Å²) in [7, 11) is 0. The van der Waals surface area contributed by atoms with Gasteiger partial charge >= 0.3 is 0 Å². The molecule has 2 rings (SSSR count). The van der Waals surface area contributed by atoms with E-state index in [0.717, 1.165) is 15.8 Å². The molecule has 72 valence electrons. The summed E-state index contributed by atoms with van der Waals surface area (Å²) < 4.78 is 6.18. The third-order valence-corrected chi connectivity index (χ3v) is 2.73. The third-order valence-electron chi connectivity index (χ3n) is 1.88. The summed E-state index contributed by atoms with van der Waals surface area (Å²) in [5, 5.41) is 0.619. The van der Waals surface area contributed by atoms with Crippen LogP contribution in [0.4, 0.5) is 5.69 Å². The van der Waals surface area contributed by atoms with Gasteiger partial charge in [-0.1, -0.05) is 11.6 Å². The molecule has 0 amide bonds. The molecule has 4 heteroatoms. The fraction of sp³-hybridized carbons (Fsp3) is 0. The van der Waals surface area contributed by atoms with Gasteiger partial charge in [0.2, 0.25) is 0 Å². The van der Waals surface area contributed by atoms with Crippen LogP contribution in [0.5, 0.6) is 0 Å². The van der Waals surface area contributed by atoms with Gasteiger partial charge in [-0.25, -0.2) is 0 Å². The van der Waals surface area contributed by atoms with Gasteiger partial charge in [-0.3, -0.25) is 0 Å². The maximum atomic E-state index is 5.82. The van der Waals surface area contributed by atoms with Crippen molar-refractivity contribution in [2.45, 2.75) is 0 Å². The number of hydrogen-bond acceptors (Lipinski definition) is 2. The highest BCUT2D eigenvalue weighted by Gasteiger charge is 2.09. The molecule has 0 bridgehead atoms. The molecule has 0 saturated carbocycles. The minimum Gasteiger partial charge on any atom is -0.463 e. The van der Waals surface area contributed by atoms with Crippen LogP contribution in [0.3, 0.4) is 0 Å². The van der Waals surface area contributed by atoms with E-state index >= 15 is 0 Å². The Labute approximate surface area is 94.8 Å². The van der Waals surface area contributed by atoms with Crippen molar-refractivity contribution in [1.29, 1.82) is 0 Å². The van der Waals surface area contributed by atoms with E-state index < -0.39 is 0 Å². The number of halogens is 2. The lowest BCUT2D eigenvalue weighted by atomic mass is 10.1. The van der Waals surface area contributed by atoms with Gasteiger partial charge < -0.3 is 10.2 Å². The molecule has 0 aliphatic carbocycles. The largest absolute Gasteiger partial charge is 0.463 e. The normalized spacial score (nSPS) is 10.4. The first-order valence-electron chi connectivity index (χ1n) is 3.97. The van der Waals surface area contributed by atoms with Crippen LogP contribution in [0.15, 0.2) is 39.4 Å². The molecular weight excluding hydrogens is 265 g/mol. The molecule has 14 heavy (non-hydrogen) atoms. The summed E-state index contributed by atoms with van der Waals surface area (Å²) in [5.74, 6) is 0.721.